The van der Waals surface area contributed by atoms with Gasteiger partial charge in [0.05, 0.1) is 24.5 Å². The number of thiazole rings is 1. The Bertz CT molecular complexity index is 1010. The molecule has 0 aliphatic heterocycles. The summed E-state index contributed by atoms with van der Waals surface area (Å²) >= 11 is 1.62. The fraction of sp³-hybridized carbons (Fsp3) is 0.333. The van der Waals surface area contributed by atoms with Crippen molar-refractivity contribution in [2.24, 2.45) is 0 Å². The van der Waals surface area contributed by atoms with E-state index in [1.165, 1.54) is 4.88 Å². The van der Waals surface area contributed by atoms with Gasteiger partial charge in [0, 0.05) is 23.9 Å². The van der Waals surface area contributed by atoms with Crippen molar-refractivity contribution >= 4 is 22.4 Å². The molecule has 2 aliphatic carbocycles. The van der Waals surface area contributed by atoms with E-state index >= 15 is 0 Å². The Morgan fingerprint density at radius 1 is 1.22 bits per heavy atom. The third-order valence-electron chi connectivity index (χ3n) is 5.66. The summed E-state index contributed by atoms with van der Waals surface area (Å²) in [4.78, 5) is 21.1. The smallest absolute Gasteiger partial charge is 0.239 e. The van der Waals surface area contributed by atoms with Crippen LogP contribution in [0.15, 0.2) is 41.0 Å². The predicted molar refractivity (Wildman–Crippen MR) is 105 cm³/mol. The Hall–Kier alpha value is -2.60. The average molecular weight is 380 g/mol. The lowest BCUT2D eigenvalue weighted by Crippen LogP contribution is -2.36. The number of furan rings is 1. The molecule has 5 nitrogen and oxygen atoms in total. The summed E-state index contributed by atoms with van der Waals surface area (Å²) < 4.78 is 10.8. The maximum Gasteiger partial charge on any atom is 0.239 e. The number of hydrogen-bond donors (Lipinski definition) is 0. The normalized spacial score (nSPS) is 16.4. The highest BCUT2D eigenvalue weighted by Crippen LogP contribution is 2.51. The number of ether oxygens (including phenoxy) is 1. The maximum absolute atomic E-state index is 13.3. The highest BCUT2D eigenvalue weighted by Gasteiger charge is 2.53. The molecule has 0 N–H and O–H groups in total. The van der Waals surface area contributed by atoms with Crippen LogP contribution in [0.3, 0.4) is 0 Å². The second kappa shape index (κ2) is 5.96. The van der Waals surface area contributed by atoms with Gasteiger partial charge in [-0.25, -0.2) is 4.98 Å². The van der Waals surface area contributed by atoms with Gasteiger partial charge in [0.2, 0.25) is 5.91 Å². The SMILES string of the molecule is COc1ccc(C2(C(=O)N(C)c3nc4c(s3)CCc3occc3-4)CC2)cc1. The Balaban J connectivity index is 1.44. The maximum atomic E-state index is 13.3. The fourth-order valence-electron chi connectivity index (χ4n) is 3.90. The lowest BCUT2D eigenvalue weighted by Gasteiger charge is -2.22. The van der Waals surface area contributed by atoms with Crippen molar-refractivity contribution in [3.8, 4) is 17.0 Å². The minimum Gasteiger partial charge on any atom is -0.497 e. The van der Waals surface area contributed by atoms with Gasteiger partial charge in [-0.15, -0.1) is 11.3 Å². The molecule has 2 aromatic heterocycles. The van der Waals surface area contributed by atoms with E-state index in [4.69, 9.17) is 14.1 Å². The molecule has 0 spiro atoms. The van der Waals surface area contributed by atoms with Gasteiger partial charge >= 0.3 is 0 Å². The van der Waals surface area contributed by atoms with Crippen LogP contribution in [-0.4, -0.2) is 25.0 Å². The van der Waals surface area contributed by atoms with Crippen LogP contribution in [0.4, 0.5) is 5.13 Å². The van der Waals surface area contributed by atoms with Crippen LogP contribution in [-0.2, 0) is 23.1 Å². The minimum absolute atomic E-state index is 0.117. The van der Waals surface area contributed by atoms with E-state index < -0.39 is 5.41 Å². The van der Waals surface area contributed by atoms with E-state index in [0.717, 1.165) is 59.1 Å². The van der Waals surface area contributed by atoms with Crippen LogP contribution in [0.2, 0.25) is 0 Å². The molecule has 5 rings (SSSR count). The number of anilines is 1. The lowest BCUT2D eigenvalue weighted by atomic mass is 9.94. The second-order valence-electron chi connectivity index (χ2n) is 7.20. The Morgan fingerprint density at radius 2 is 2.00 bits per heavy atom. The first-order valence-electron chi connectivity index (χ1n) is 9.11. The predicted octanol–water partition coefficient (Wildman–Crippen LogP) is 4.20. The van der Waals surface area contributed by atoms with Gasteiger partial charge in [0.25, 0.3) is 0 Å². The number of amides is 1. The van der Waals surface area contributed by atoms with E-state index in [1.54, 1.807) is 29.6 Å². The van der Waals surface area contributed by atoms with Crippen LogP contribution in [0.5, 0.6) is 5.75 Å². The summed E-state index contributed by atoms with van der Waals surface area (Å²) in [6.07, 6.45) is 5.28. The molecule has 0 bridgehead atoms. The molecule has 3 aromatic rings. The van der Waals surface area contributed by atoms with Gasteiger partial charge in [0.15, 0.2) is 5.13 Å². The van der Waals surface area contributed by atoms with Gasteiger partial charge in [-0.1, -0.05) is 12.1 Å². The number of rotatable bonds is 4. The third kappa shape index (κ3) is 2.51. The molecule has 0 radical (unpaired) electrons. The zero-order chi connectivity index (χ0) is 18.6. The van der Waals surface area contributed by atoms with Crippen LogP contribution < -0.4 is 9.64 Å². The quantitative estimate of drug-likeness (QED) is 0.681. The highest BCUT2D eigenvalue weighted by atomic mass is 32.1. The fourth-order valence-corrected chi connectivity index (χ4v) is 4.94. The van der Waals surface area contributed by atoms with Gasteiger partial charge in [0.1, 0.15) is 11.5 Å². The summed E-state index contributed by atoms with van der Waals surface area (Å²) in [5.74, 6) is 1.91. The number of fused-ring (bicyclic) bond motifs is 3. The monoisotopic (exact) mass is 380 g/mol. The van der Waals surface area contributed by atoms with Crippen LogP contribution in [0, 0.1) is 0 Å². The van der Waals surface area contributed by atoms with Gasteiger partial charge in [-0.2, -0.15) is 0 Å². The number of likely N-dealkylation sites (N-methyl/N-ethyl adjacent to an activating group) is 1. The standard InChI is InChI=1S/C21H20N2O3S/c1-23(19(24)21(10-11-21)13-3-5-14(25-2)6-4-13)20-22-18-15-9-12-26-16(15)7-8-17(18)27-20/h3-6,9,12H,7-8,10-11H2,1-2H3. The number of carbonyl (C=O) groups is 1. The topological polar surface area (TPSA) is 55.6 Å². The number of aryl methyl sites for hydroxylation is 2. The largest absolute Gasteiger partial charge is 0.497 e. The lowest BCUT2D eigenvalue weighted by molar-refractivity contribution is -0.120. The number of nitrogens with zero attached hydrogens (tertiary/aromatic N) is 2. The number of hydrogen-bond acceptors (Lipinski definition) is 5. The molecule has 1 fully saturated rings. The van der Waals surface area contributed by atoms with E-state index in [-0.39, 0.29) is 5.91 Å². The minimum atomic E-state index is -0.423. The van der Waals surface area contributed by atoms with Gasteiger partial charge in [-0.3, -0.25) is 9.69 Å². The molecule has 2 aliphatic rings. The Labute approximate surface area is 161 Å². The molecule has 1 amide bonds. The van der Waals surface area contributed by atoms with Crippen molar-refractivity contribution in [3.63, 3.8) is 0 Å². The van der Waals surface area contributed by atoms with E-state index in [1.807, 2.05) is 37.4 Å². The molecule has 6 heteroatoms. The van der Waals surface area contributed by atoms with E-state index in [2.05, 4.69) is 0 Å². The zero-order valence-corrected chi connectivity index (χ0v) is 16.1. The van der Waals surface area contributed by atoms with E-state index in [9.17, 15) is 4.79 Å². The second-order valence-corrected chi connectivity index (χ2v) is 8.26. The molecular weight excluding hydrogens is 360 g/mol. The molecule has 0 saturated heterocycles. The van der Waals surface area contributed by atoms with Crippen LogP contribution >= 0.6 is 11.3 Å². The summed E-state index contributed by atoms with van der Waals surface area (Å²) in [5.41, 5.74) is 2.67. The molecule has 138 valence electrons. The van der Waals surface area contributed by atoms with Crippen molar-refractivity contribution in [1.82, 2.24) is 4.98 Å². The summed E-state index contributed by atoms with van der Waals surface area (Å²) in [5, 5.41) is 0.763. The number of aromatic nitrogens is 1. The molecule has 1 saturated carbocycles. The van der Waals surface area contributed by atoms with Gasteiger partial charge < -0.3 is 9.15 Å². The number of methoxy groups -OCH3 is 1. The number of carbonyl (C=O) groups excluding carboxylic acids is 1. The van der Waals surface area contributed by atoms with Crippen molar-refractivity contribution in [1.29, 1.82) is 0 Å². The average Bonchev–Trinajstić information content (AvgIpc) is 3.16. The highest BCUT2D eigenvalue weighted by molar-refractivity contribution is 7.16. The zero-order valence-electron chi connectivity index (χ0n) is 15.3. The van der Waals surface area contributed by atoms with Gasteiger partial charge in [-0.05, 0) is 43.0 Å². The molecule has 0 unspecified atom stereocenters. The van der Waals surface area contributed by atoms with Crippen molar-refractivity contribution in [3.05, 3.63) is 52.8 Å². The third-order valence-corrected chi connectivity index (χ3v) is 6.85. The molecule has 1 aromatic carbocycles. The molecule has 0 atom stereocenters. The van der Waals surface area contributed by atoms with Crippen molar-refractivity contribution in [2.75, 3.05) is 19.1 Å². The van der Waals surface area contributed by atoms with E-state index in [0.29, 0.717) is 0 Å². The Kier molecular flexibility index (Phi) is 3.65. The summed E-state index contributed by atoms with van der Waals surface area (Å²) in [6.45, 7) is 0. The van der Waals surface area contributed by atoms with Crippen molar-refractivity contribution in [2.45, 2.75) is 31.1 Å². The first-order valence-corrected chi connectivity index (χ1v) is 9.93. The first kappa shape index (κ1) is 16.6. The van der Waals surface area contributed by atoms with Crippen molar-refractivity contribution < 1.29 is 13.9 Å². The van der Waals surface area contributed by atoms with Crippen LogP contribution in [0.25, 0.3) is 11.3 Å². The Morgan fingerprint density at radius 3 is 2.70 bits per heavy atom. The molecular formula is C21H20N2O3S. The summed E-state index contributed by atoms with van der Waals surface area (Å²) in [7, 11) is 3.49. The summed E-state index contributed by atoms with van der Waals surface area (Å²) in [6, 6.07) is 9.82. The molecule has 27 heavy (non-hydrogen) atoms. The first-order chi connectivity index (χ1) is 13.1. The van der Waals surface area contributed by atoms with Crippen LogP contribution in [0.1, 0.15) is 29.0 Å². The molecule has 2 heterocycles. The number of benzene rings is 1.